The number of non-ortho nitro benzene ring substituents is 1. The molecule has 0 spiro atoms. The second-order valence-corrected chi connectivity index (χ2v) is 5.71. The first kappa shape index (κ1) is 17.7. The highest BCUT2D eigenvalue weighted by Crippen LogP contribution is 2.15. The van der Waals surface area contributed by atoms with Crippen molar-refractivity contribution in [1.82, 2.24) is 20.1 Å². The summed E-state index contributed by atoms with van der Waals surface area (Å²) in [4.78, 5) is 21.9. The molecule has 0 saturated carbocycles. The minimum absolute atomic E-state index is 0.0470. The molecule has 0 fully saturated rings. The lowest BCUT2D eigenvalue weighted by Crippen LogP contribution is -2.30. The number of hydrogen-bond acceptors (Lipinski definition) is 7. The van der Waals surface area contributed by atoms with Crippen LogP contribution in [-0.4, -0.2) is 44.4 Å². The zero-order chi connectivity index (χ0) is 17.4. The number of aromatic nitrogens is 3. The Morgan fingerprint density at radius 3 is 2.75 bits per heavy atom. The SMILES string of the molecule is CCn1cnnc1SCC(=O)NCCNc1ccc([N+](=O)[O-])cc1. The summed E-state index contributed by atoms with van der Waals surface area (Å²) >= 11 is 1.34. The molecule has 1 aromatic carbocycles. The smallest absolute Gasteiger partial charge is 0.269 e. The van der Waals surface area contributed by atoms with Crippen molar-refractivity contribution in [2.75, 3.05) is 24.2 Å². The molecule has 128 valence electrons. The number of carbonyl (C=O) groups excluding carboxylic acids is 1. The molecule has 0 aliphatic rings. The Hall–Kier alpha value is -2.62. The minimum Gasteiger partial charge on any atom is -0.383 e. The van der Waals surface area contributed by atoms with Gasteiger partial charge in [0.1, 0.15) is 6.33 Å². The number of nitrogens with zero attached hydrogens (tertiary/aromatic N) is 4. The first-order valence-electron chi connectivity index (χ1n) is 7.35. The van der Waals surface area contributed by atoms with E-state index in [9.17, 15) is 14.9 Å². The minimum atomic E-state index is -0.443. The maximum atomic E-state index is 11.8. The molecule has 1 heterocycles. The summed E-state index contributed by atoms with van der Waals surface area (Å²) in [5.74, 6) is 0.187. The average Bonchev–Trinajstić information content (AvgIpc) is 3.05. The van der Waals surface area contributed by atoms with Crippen LogP contribution < -0.4 is 10.6 Å². The molecule has 0 bridgehead atoms. The topological polar surface area (TPSA) is 115 Å². The van der Waals surface area contributed by atoms with E-state index in [1.54, 1.807) is 18.5 Å². The number of nitrogens with one attached hydrogen (secondary N) is 2. The fourth-order valence-corrected chi connectivity index (χ4v) is 2.67. The molecular formula is C14H18N6O3S. The molecule has 1 amide bonds. The summed E-state index contributed by atoms with van der Waals surface area (Å²) < 4.78 is 1.87. The summed E-state index contributed by atoms with van der Waals surface area (Å²) in [6.45, 7) is 3.73. The zero-order valence-electron chi connectivity index (χ0n) is 13.1. The van der Waals surface area contributed by atoms with Crippen molar-refractivity contribution in [3.05, 3.63) is 40.7 Å². The highest BCUT2D eigenvalue weighted by atomic mass is 32.2. The third-order valence-electron chi connectivity index (χ3n) is 3.11. The number of amides is 1. The molecule has 0 radical (unpaired) electrons. The van der Waals surface area contributed by atoms with Gasteiger partial charge in [0.25, 0.3) is 5.69 Å². The Balaban J connectivity index is 1.64. The Labute approximate surface area is 143 Å². The molecule has 0 atom stereocenters. The zero-order valence-corrected chi connectivity index (χ0v) is 14.0. The number of aryl methyl sites for hydroxylation is 1. The van der Waals surface area contributed by atoms with E-state index >= 15 is 0 Å². The van der Waals surface area contributed by atoms with E-state index in [2.05, 4.69) is 20.8 Å². The molecule has 1 aromatic heterocycles. The summed E-state index contributed by atoms with van der Waals surface area (Å²) in [7, 11) is 0. The van der Waals surface area contributed by atoms with E-state index in [-0.39, 0.29) is 17.3 Å². The van der Waals surface area contributed by atoms with Gasteiger partial charge in [-0.25, -0.2) is 0 Å². The van der Waals surface area contributed by atoms with Crippen molar-refractivity contribution >= 4 is 29.0 Å². The van der Waals surface area contributed by atoms with Crippen molar-refractivity contribution in [1.29, 1.82) is 0 Å². The van der Waals surface area contributed by atoms with Gasteiger partial charge in [-0.2, -0.15) is 0 Å². The van der Waals surface area contributed by atoms with Gasteiger partial charge in [0.15, 0.2) is 5.16 Å². The number of benzene rings is 1. The lowest BCUT2D eigenvalue weighted by molar-refractivity contribution is -0.384. The molecule has 2 aromatic rings. The van der Waals surface area contributed by atoms with Gasteiger partial charge in [0.2, 0.25) is 5.91 Å². The molecular weight excluding hydrogens is 332 g/mol. The van der Waals surface area contributed by atoms with Gasteiger partial charge in [-0.3, -0.25) is 14.9 Å². The van der Waals surface area contributed by atoms with Crippen LogP contribution in [0.3, 0.4) is 0 Å². The number of carbonyl (C=O) groups is 1. The number of thioether (sulfide) groups is 1. The van der Waals surface area contributed by atoms with Crippen LogP contribution in [0.1, 0.15) is 6.92 Å². The van der Waals surface area contributed by atoms with Crippen LogP contribution in [0.5, 0.6) is 0 Å². The standard InChI is InChI=1S/C14H18N6O3S/c1-2-19-10-17-18-14(19)24-9-13(21)16-8-7-15-11-3-5-12(6-4-11)20(22)23/h3-6,10,15H,2,7-9H2,1H3,(H,16,21). The van der Waals surface area contributed by atoms with Crippen LogP contribution in [0, 0.1) is 10.1 Å². The second-order valence-electron chi connectivity index (χ2n) is 4.77. The van der Waals surface area contributed by atoms with Gasteiger partial charge in [0.05, 0.1) is 10.7 Å². The van der Waals surface area contributed by atoms with Gasteiger partial charge in [0, 0.05) is 37.5 Å². The van der Waals surface area contributed by atoms with Gasteiger partial charge >= 0.3 is 0 Å². The van der Waals surface area contributed by atoms with Gasteiger partial charge in [-0.1, -0.05) is 11.8 Å². The van der Waals surface area contributed by atoms with E-state index < -0.39 is 4.92 Å². The van der Waals surface area contributed by atoms with E-state index in [0.29, 0.717) is 13.1 Å². The third kappa shape index (κ3) is 5.23. The number of rotatable bonds is 9. The third-order valence-corrected chi connectivity index (χ3v) is 4.09. The van der Waals surface area contributed by atoms with Gasteiger partial charge < -0.3 is 15.2 Å². The van der Waals surface area contributed by atoms with Crippen molar-refractivity contribution < 1.29 is 9.72 Å². The molecule has 2 rings (SSSR count). The highest BCUT2D eigenvalue weighted by molar-refractivity contribution is 7.99. The van der Waals surface area contributed by atoms with Gasteiger partial charge in [-0.05, 0) is 19.1 Å². The number of nitro groups is 1. The highest BCUT2D eigenvalue weighted by Gasteiger charge is 2.07. The second kappa shape index (κ2) is 8.87. The van der Waals surface area contributed by atoms with Crippen LogP contribution in [0.2, 0.25) is 0 Å². The van der Waals surface area contributed by atoms with Crippen molar-refractivity contribution in [3.8, 4) is 0 Å². The first-order valence-corrected chi connectivity index (χ1v) is 8.34. The fraction of sp³-hybridized carbons (Fsp3) is 0.357. The fourth-order valence-electron chi connectivity index (χ4n) is 1.86. The van der Waals surface area contributed by atoms with Crippen LogP contribution in [0.4, 0.5) is 11.4 Å². The Morgan fingerprint density at radius 1 is 1.33 bits per heavy atom. The number of nitro benzene ring substituents is 1. The van der Waals surface area contributed by atoms with Crippen LogP contribution in [0.25, 0.3) is 0 Å². The average molecular weight is 350 g/mol. The Kier molecular flexibility index (Phi) is 6.55. The summed E-state index contributed by atoms with van der Waals surface area (Å²) in [5, 5.41) is 24.9. The quantitative estimate of drug-likeness (QED) is 0.305. The van der Waals surface area contributed by atoms with Crippen LogP contribution in [0.15, 0.2) is 35.7 Å². The number of anilines is 1. The molecule has 9 nitrogen and oxygen atoms in total. The monoisotopic (exact) mass is 350 g/mol. The summed E-state index contributed by atoms with van der Waals surface area (Å²) in [5.41, 5.74) is 0.811. The van der Waals surface area contributed by atoms with Crippen LogP contribution >= 0.6 is 11.8 Å². The molecule has 0 unspecified atom stereocenters. The first-order chi connectivity index (χ1) is 11.6. The Bertz CT molecular complexity index is 688. The molecule has 10 heteroatoms. The normalized spacial score (nSPS) is 10.4. The van der Waals surface area contributed by atoms with E-state index in [4.69, 9.17) is 0 Å². The predicted molar refractivity (Wildman–Crippen MR) is 91.0 cm³/mol. The Morgan fingerprint density at radius 2 is 2.08 bits per heavy atom. The van der Waals surface area contributed by atoms with Crippen molar-refractivity contribution in [2.24, 2.45) is 0 Å². The molecule has 0 saturated heterocycles. The summed E-state index contributed by atoms with van der Waals surface area (Å²) in [6, 6.07) is 6.13. The van der Waals surface area contributed by atoms with E-state index in [0.717, 1.165) is 17.4 Å². The number of hydrogen-bond donors (Lipinski definition) is 2. The van der Waals surface area contributed by atoms with Gasteiger partial charge in [-0.15, -0.1) is 10.2 Å². The lowest BCUT2D eigenvalue weighted by Gasteiger charge is -2.08. The predicted octanol–water partition coefficient (Wildman–Crippen LogP) is 1.53. The largest absolute Gasteiger partial charge is 0.383 e. The van der Waals surface area contributed by atoms with Crippen molar-refractivity contribution in [3.63, 3.8) is 0 Å². The van der Waals surface area contributed by atoms with E-state index in [1.807, 2.05) is 11.5 Å². The summed E-state index contributed by atoms with van der Waals surface area (Å²) in [6.07, 6.45) is 1.63. The van der Waals surface area contributed by atoms with E-state index in [1.165, 1.54) is 23.9 Å². The van der Waals surface area contributed by atoms with Crippen LogP contribution in [-0.2, 0) is 11.3 Å². The maximum Gasteiger partial charge on any atom is 0.269 e. The lowest BCUT2D eigenvalue weighted by atomic mass is 10.3. The molecule has 24 heavy (non-hydrogen) atoms. The van der Waals surface area contributed by atoms with Crippen molar-refractivity contribution in [2.45, 2.75) is 18.6 Å². The maximum absolute atomic E-state index is 11.8. The molecule has 0 aliphatic carbocycles. The molecule has 2 N–H and O–H groups in total. The molecule has 0 aliphatic heterocycles.